The summed E-state index contributed by atoms with van der Waals surface area (Å²) in [4.78, 5) is 0. The normalized spacial score (nSPS) is 13.5. The largest absolute Gasteiger partial charge is 0.458 e. The molecule has 0 radical (unpaired) electrons. The monoisotopic (exact) mass is 299 g/mol. The standard InChI is InChI=1S/C13H15BrFNO/c1-7(2)12(16-3)11-5-8-4-9(15)6-10(14)13(8)17-11/h4-7,12,16H,1-3H3. The van der Waals surface area contributed by atoms with Crippen molar-refractivity contribution in [1.29, 1.82) is 0 Å². The van der Waals surface area contributed by atoms with Crippen molar-refractivity contribution in [2.75, 3.05) is 7.05 Å². The van der Waals surface area contributed by atoms with Gasteiger partial charge in [-0.3, -0.25) is 0 Å². The highest BCUT2D eigenvalue weighted by atomic mass is 79.9. The van der Waals surface area contributed by atoms with Crippen LogP contribution in [0.4, 0.5) is 4.39 Å². The fourth-order valence-corrected chi connectivity index (χ4v) is 2.58. The smallest absolute Gasteiger partial charge is 0.148 e. The van der Waals surface area contributed by atoms with Crippen LogP contribution in [0.3, 0.4) is 0 Å². The van der Waals surface area contributed by atoms with Crippen LogP contribution < -0.4 is 5.32 Å². The highest BCUT2D eigenvalue weighted by molar-refractivity contribution is 9.10. The van der Waals surface area contributed by atoms with Gasteiger partial charge in [-0.1, -0.05) is 13.8 Å². The van der Waals surface area contributed by atoms with Crippen molar-refractivity contribution in [2.24, 2.45) is 5.92 Å². The third-order valence-electron chi connectivity index (χ3n) is 2.84. The molecule has 2 aromatic rings. The third kappa shape index (κ3) is 2.38. The second kappa shape index (κ2) is 4.78. The zero-order valence-corrected chi connectivity index (χ0v) is 11.6. The lowest BCUT2D eigenvalue weighted by molar-refractivity contribution is 0.370. The summed E-state index contributed by atoms with van der Waals surface area (Å²) in [6, 6.07) is 4.93. The minimum Gasteiger partial charge on any atom is -0.458 e. The van der Waals surface area contributed by atoms with Crippen LogP contribution >= 0.6 is 15.9 Å². The zero-order valence-electron chi connectivity index (χ0n) is 10.1. The van der Waals surface area contributed by atoms with Gasteiger partial charge in [0.15, 0.2) is 0 Å². The first kappa shape index (κ1) is 12.6. The number of furan rings is 1. The first-order valence-corrected chi connectivity index (χ1v) is 6.38. The minimum atomic E-state index is -0.262. The molecule has 1 heterocycles. The Labute approximate surface area is 108 Å². The molecule has 0 saturated carbocycles. The Kier molecular flexibility index (Phi) is 3.54. The molecule has 0 aliphatic rings. The zero-order chi connectivity index (χ0) is 12.6. The van der Waals surface area contributed by atoms with Crippen LogP contribution in [0.25, 0.3) is 11.0 Å². The van der Waals surface area contributed by atoms with Crippen molar-refractivity contribution in [3.63, 3.8) is 0 Å². The molecule has 0 amide bonds. The Morgan fingerprint density at radius 1 is 1.29 bits per heavy atom. The number of rotatable bonds is 3. The molecule has 1 atom stereocenters. The average molecular weight is 300 g/mol. The molecule has 2 nitrogen and oxygen atoms in total. The summed E-state index contributed by atoms with van der Waals surface area (Å²) in [5, 5.41) is 3.99. The van der Waals surface area contributed by atoms with Crippen LogP contribution in [0, 0.1) is 11.7 Å². The Bertz CT molecular complexity index is 535. The lowest BCUT2D eigenvalue weighted by Gasteiger charge is -2.17. The lowest BCUT2D eigenvalue weighted by atomic mass is 10.0. The minimum absolute atomic E-state index is 0.136. The highest BCUT2D eigenvalue weighted by Crippen LogP contribution is 2.32. The number of hydrogen-bond acceptors (Lipinski definition) is 2. The fraction of sp³-hybridized carbons (Fsp3) is 0.385. The first-order valence-electron chi connectivity index (χ1n) is 5.58. The van der Waals surface area contributed by atoms with Gasteiger partial charge in [0.2, 0.25) is 0 Å². The van der Waals surface area contributed by atoms with Crippen LogP contribution in [0.5, 0.6) is 0 Å². The third-order valence-corrected chi connectivity index (χ3v) is 3.43. The molecule has 0 aliphatic carbocycles. The van der Waals surface area contributed by atoms with Crippen LogP contribution in [0.1, 0.15) is 25.6 Å². The summed E-state index contributed by atoms with van der Waals surface area (Å²) in [5.41, 5.74) is 0.697. The van der Waals surface area contributed by atoms with Gasteiger partial charge in [-0.15, -0.1) is 0 Å². The van der Waals surface area contributed by atoms with Crippen LogP contribution in [-0.4, -0.2) is 7.05 Å². The molecule has 0 aliphatic heterocycles. The first-order chi connectivity index (χ1) is 8.02. The molecule has 1 aromatic carbocycles. The van der Waals surface area contributed by atoms with E-state index in [1.165, 1.54) is 12.1 Å². The van der Waals surface area contributed by atoms with Crippen LogP contribution in [-0.2, 0) is 0 Å². The fourth-order valence-electron chi connectivity index (χ4n) is 2.05. The number of benzene rings is 1. The average Bonchev–Trinajstić information content (AvgIpc) is 2.61. The molecule has 0 spiro atoms. The predicted molar refractivity (Wildman–Crippen MR) is 70.5 cm³/mol. The van der Waals surface area contributed by atoms with Crippen molar-refractivity contribution in [1.82, 2.24) is 5.32 Å². The molecule has 4 heteroatoms. The van der Waals surface area contributed by atoms with E-state index in [0.717, 1.165) is 11.1 Å². The molecule has 1 N–H and O–H groups in total. The molecular formula is C13H15BrFNO. The van der Waals surface area contributed by atoms with E-state index in [4.69, 9.17) is 4.42 Å². The van der Waals surface area contributed by atoms with Crippen molar-refractivity contribution < 1.29 is 8.81 Å². The van der Waals surface area contributed by atoms with Gasteiger partial charge in [0.1, 0.15) is 17.2 Å². The molecule has 2 rings (SSSR count). The van der Waals surface area contributed by atoms with Crippen LogP contribution in [0.15, 0.2) is 27.1 Å². The molecular weight excluding hydrogens is 285 g/mol. The van der Waals surface area contributed by atoms with Gasteiger partial charge >= 0.3 is 0 Å². The molecule has 0 fully saturated rings. The second-order valence-corrected chi connectivity index (χ2v) is 5.32. The Morgan fingerprint density at radius 3 is 2.59 bits per heavy atom. The van der Waals surface area contributed by atoms with E-state index in [-0.39, 0.29) is 11.9 Å². The van der Waals surface area contributed by atoms with Gasteiger partial charge in [-0.25, -0.2) is 4.39 Å². The Morgan fingerprint density at radius 2 is 2.00 bits per heavy atom. The van der Waals surface area contributed by atoms with Gasteiger partial charge in [-0.05, 0) is 47.1 Å². The van der Waals surface area contributed by atoms with Gasteiger partial charge in [0, 0.05) is 5.39 Å². The molecule has 17 heavy (non-hydrogen) atoms. The SMILES string of the molecule is CNC(c1cc2cc(F)cc(Br)c2o1)C(C)C. The van der Waals surface area contributed by atoms with Crippen molar-refractivity contribution in [3.8, 4) is 0 Å². The van der Waals surface area contributed by atoms with E-state index in [9.17, 15) is 4.39 Å². The Balaban J connectivity index is 2.54. The molecule has 92 valence electrons. The maximum Gasteiger partial charge on any atom is 0.148 e. The van der Waals surface area contributed by atoms with Gasteiger partial charge in [0.25, 0.3) is 0 Å². The van der Waals surface area contributed by atoms with E-state index >= 15 is 0 Å². The predicted octanol–water partition coefficient (Wildman–Crippen LogP) is 4.25. The van der Waals surface area contributed by atoms with E-state index in [1.54, 1.807) is 0 Å². The number of nitrogens with one attached hydrogen (secondary N) is 1. The molecule has 1 aromatic heterocycles. The van der Waals surface area contributed by atoms with Crippen molar-refractivity contribution in [3.05, 3.63) is 34.2 Å². The van der Waals surface area contributed by atoms with Gasteiger partial charge in [-0.2, -0.15) is 0 Å². The van der Waals surface area contributed by atoms with Gasteiger partial charge in [0.05, 0.1) is 10.5 Å². The van der Waals surface area contributed by atoms with E-state index in [1.807, 2.05) is 13.1 Å². The topological polar surface area (TPSA) is 25.2 Å². The maximum atomic E-state index is 13.3. The maximum absolute atomic E-state index is 13.3. The van der Waals surface area contributed by atoms with Crippen molar-refractivity contribution in [2.45, 2.75) is 19.9 Å². The van der Waals surface area contributed by atoms with Crippen LogP contribution in [0.2, 0.25) is 0 Å². The van der Waals surface area contributed by atoms with E-state index in [0.29, 0.717) is 16.0 Å². The highest BCUT2D eigenvalue weighted by Gasteiger charge is 2.19. The summed E-state index contributed by atoms with van der Waals surface area (Å²) >= 11 is 3.31. The molecule has 1 unspecified atom stereocenters. The van der Waals surface area contributed by atoms with E-state index in [2.05, 4.69) is 35.1 Å². The lowest BCUT2D eigenvalue weighted by Crippen LogP contribution is -2.20. The number of hydrogen-bond donors (Lipinski definition) is 1. The summed E-state index contributed by atoms with van der Waals surface area (Å²) in [6.45, 7) is 4.23. The summed E-state index contributed by atoms with van der Waals surface area (Å²) in [5.74, 6) is 0.982. The molecule has 0 saturated heterocycles. The summed E-state index contributed by atoms with van der Waals surface area (Å²) in [6.07, 6.45) is 0. The van der Waals surface area contributed by atoms with E-state index < -0.39 is 0 Å². The Hall–Kier alpha value is -0.870. The summed E-state index contributed by atoms with van der Waals surface area (Å²) in [7, 11) is 1.90. The summed E-state index contributed by atoms with van der Waals surface area (Å²) < 4.78 is 19.7. The van der Waals surface area contributed by atoms with Gasteiger partial charge < -0.3 is 9.73 Å². The number of fused-ring (bicyclic) bond motifs is 1. The van der Waals surface area contributed by atoms with Crippen molar-refractivity contribution >= 4 is 26.9 Å². The quantitative estimate of drug-likeness (QED) is 0.916. The number of halogens is 2. The second-order valence-electron chi connectivity index (χ2n) is 4.47. The molecule has 0 bridgehead atoms.